The Kier molecular flexibility index (Phi) is 5.53. The number of carbonyl (C=O) groups is 1. The van der Waals surface area contributed by atoms with Gasteiger partial charge in [-0.2, -0.15) is 0 Å². The second kappa shape index (κ2) is 7.65. The lowest BCUT2D eigenvalue weighted by Crippen LogP contribution is -2.20. The molecule has 0 aliphatic rings. The van der Waals surface area contributed by atoms with Gasteiger partial charge < -0.3 is 5.32 Å². The minimum Gasteiger partial charge on any atom is -0.321 e. The van der Waals surface area contributed by atoms with Crippen molar-refractivity contribution in [2.24, 2.45) is 0 Å². The standard InChI is InChI=1S/C18H18IN3O2S/c1-3-4-9-22-10-20-17-14(18(22)24)11(2)15(25-17)16(23)21-13-7-5-12(19)6-8-13/h5-8,10H,3-4,9H2,1-2H3,(H,21,23). The number of rotatable bonds is 5. The molecule has 0 fully saturated rings. The first-order valence-corrected chi connectivity index (χ1v) is 9.96. The van der Waals surface area contributed by atoms with Crippen LogP contribution in [0, 0.1) is 10.5 Å². The Morgan fingerprint density at radius 3 is 2.72 bits per heavy atom. The van der Waals surface area contributed by atoms with Gasteiger partial charge in [-0.15, -0.1) is 11.3 Å². The average Bonchev–Trinajstić information content (AvgIpc) is 2.94. The number of amides is 1. The van der Waals surface area contributed by atoms with Gasteiger partial charge in [0.15, 0.2) is 0 Å². The molecule has 3 rings (SSSR count). The largest absolute Gasteiger partial charge is 0.321 e. The summed E-state index contributed by atoms with van der Waals surface area (Å²) in [5.41, 5.74) is 1.36. The van der Waals surface area contributed by atoms with Gasteiger partial charge in [-0.25, -0.2) is 4.98 Å². The van der Waals surface area contributed by atoms with Gasteiger partial charge in [0.1, 0.15) is 4.83 Å². The molecule has 5 nitrogen and oxygen atoms in total. The van der Waals surface area contributed by atoms with Crippen LogP contribution >= 0.6 is 33.9 Å². The highest BCUT2D eigenvalue weighted by molar-refractivity contribution is 14.1. The van der Waals surface area contributed by atoms with Crippen molar-refractivity contribution in [3.63, 3.8) is 0 Å². The van der Waals surface area contributed by atoms with Crippen LogP contribution in [-0.4, -0.2) is 15.5 Å². The maximum absolute atomic E-state index is 12.7. The van der Waals surface area contributed by atoms with Crippen molar-refractivity contribution < 1.29 is 4.79 Å². The van der Waals surface area contributed by atoms with Gasteiger partial charge in [0.2, 0.25) is 0 Å². The number of carbonyl (C=O) groups excluding carboxylic acids is 1. The fourth-order valence-corrected chi connectivity index (χ4v) is 3.98. The van der Waals surface area contributed by atoms with Crippen molar-refractivity contribution in [3.05, 3.63) is 55.0 Å². The molecule has 0 saturated carbocycles. The number of anilines is 1. The Balaban J connectivity index is 1.95. The SMILES string of the molecule is CCCCn1cnc2sc(C(=O)Nc3ccc(I)cc3)c(C)c2c1=O. The van der Waals surface area contributed by atoms with Crippen molar-refractivity contribution in [3.8, 4) is 0 Å². The monoisotopic (exact) mass is 467 g/mol. The van der Waals surface area contributed by atoms with Gasteiger partial charge in [0, 0.05) is 15.8 Å². The summed E-state index contributed by atoms with van der Waals surface area (Å²) >= 11 is 3.48. The summed E-state index contributed by atoms with van der Waals surface area (Å²) in [5.74, 6) is -0.207. The number of aromatic nitrogens is 2. The molecule has 3 aromatic rings. The van der Waals surface area contributed by atoms with Crippen molar-refractivity contribution in [2.75, 3.05) is 5.32 Å². The first-order valence-electron chi connectivity index (χ1n) is 8.06. The number of benzene rings is 1. The summed E-state index contributed by atoms with van der Waals surface area (Å²) in [4.78, 5) is 30.8. The minimum atomic E-state index is -0.207. The summed E-state index contributed by atoms with van der Waals surface area (Å²) in [6.45, 7) is 4.55. The third-order valence-corrected chi connectivity index (χ3v) is 5.90. The second-order valence-corrected chi connectivity index (χ2v) is 8.04. The Hall–Kier alpha value is -1.74. The van der Waals surface area contributed by atoms with Crippen LogP contribution in [0.4, 0.5) is 5.69 Å². The maximum Gasteiger partial charge on any atom is 0.266 e. The molecular formula is C18H18IN3O2S. The predicted octanol–water partition coefficient (Wildman–Crippen LogP) is 4.42. The number of aryl methyl sites for hydroxylation is 2. The molecule has 1 amide bonds. The topological polar surface area (TPSA) is 64.0 Å². The predicted molar refractivity (Wildman–Crippen MR) is 111 cm³/mol. The van der Waals surface area contributed by atoms with E-state index in [-0.39, 0.29) is 11.5 Å². The molecule has 25 heavy (non-hydrogen) atoms. The van der Waals surface area contributed by atoms with Crippen molar-refractivity contribution >= 4 is 55.7 Å². The van der Waals surface area contributed by atoms with Crippen molar-refractivity contribution in [1.29, 1.82) is 0 Å². The Morgan fingerprint density at radius 2 is 2.04 bits per heavy atom. The normalized spacial score (nSPS) is 11.0. The van der Waals surface area contributed by atoms with Gasteiger partial charge in [-0.1, -0.05) is 13.3 Å². The Morgan fingerprint density at radius 1 is 1.32 bits per heavy atom. The molecule has 2 aromatic heterocycles. The lowest BCUT2D eigenvalue weighted by atomic mass is 10.2. The number of halogens is 1. The van der Waals surface area contributed by atoms with Crippen LogP contribution in [0.15, 0.2) is 35.4 Å². The molecule has 0 unspecified atom stereocenters. The van der Waals surface area contributed by atoms with E-state index in [0.29, 0.717) is 27.2 Å². The molecular weight excluding hydrogens is 449 g/mol. The molecule has 2 heterocycles. The number of hydrogen-bond donors (Lipinski definition) is 1. The number of nitrogens with zero attached hydrogens (tertiary/aromatic N) is 2. The summed E-state index contributed by atoms with van der Waals surface area (Å²) < 4.78 is 2.73. The zero-order valence-corrected chi connectivity index (χ0v) is 17.0. The molecule has 0 atom stereocenters. The average molecular weight is 467 g/mol. The van der Waals surface area contributed by atoms with E-state index in [1.54, 1.807) is 10.9 Å². The minimum absolute atomic E-state index is 0.0690. The van der Waals surface area contributed by atoms with E-state index in [0.717, 1.165) is 22.1 Å². The maximum atomic E-state index is 12.7. The van der Waals surface area contributed by atoms with Crippen LogP contribution in [0.2, 0.25) is 0 Å². The number of fused-ring (bicyclic) bond motifs is 1. The summed E-state index contributed by atoms with van der Waals surface area (Å²) in [6, 6.07) is 7.58. The number of nitrogens with one attached hydrogen (secondary N) is 1. The zero-order valence-electron chi connectivity index (χ0n) is 14.0. The van der Waals surface area contributed by atoms with Crippen LogP contribution < -0.4 is 10.9 Å². The molecule has 1 N–H and O–H groups in total. The molecule has 7 heteroatoms. The number of thiophene rings is 1. The van der Waals surface area contributed by atoms with Gasteiger partial charge in [-0.05, 0) is 65.8 Å². The zero-order chi connectivity index (χ0) is 18.0. The number of unbranched alkanes of at least 4 members (excludes halogenated alkanes) is 1. The van der Waals surface area contributed by atoms with Crippen LogP contribution in [0.3, 0.4) is 0 Å². The first kappa shape index (κ1) is 18.1. The van der Waals surface area contributed by atoms with Gasteiger partial charge >= 0.3 is 0 Å². The van der Waals surface area contributed by atoms with Crippen LogP contribution in [0.25, 0.3) is 10.2 Å². The van der Waals surface area contributed by atoms with E-state index in [2.05, 4.69) is 39.8 Å². The Labute approximate surface area is 163 Å². The molecule has 130 valence electrons. The quantitative estimate of drug-likeness (QED) is 0.565. The smallest absolute Gasteiger partial charge is 0.266 e. The van der Waals surface area contributed by atoms with Gasteiger partial charge in [0.05, 0.1) is 16.6 Å². The van der Waals surface area contributed by atoms with Gasteiger partial charge in [-0.3, -0.25) is 14.2 Å². The third kappa shape index (κ3) is 3.77. The first-order chi connectivity index (χ1) is 12.0. The van der Waals surface area contributed by atoms with E-state index in [9.17, 15) is 9.59 Å². The van der Waals surface area contributed by atoms with E-state index < -0.39 is 0 Å². The second-order valence-electron chi connectivity index (χ2n) is 5.79. The molecule has 0 bridgehead atoms. The van der Waals surface area contributed by atoms with Crippen LogP contribution in [0.1, 0.15) is 35.0 Å². The molecule has 1 aromatic carbocycles. The van der Waals surface area contributed by atoms with Gasteiger partial charge in [0.25, 0.3) is 11.5 Å². The van der Waals surface area contributed by atoms with E-state index in [1.807, 2.05) is 31.2 Å². The summed E-state index contributed by atoms with van der Waals surface area (Å²) in [7, 11) is 0. The van der Waals surface area contributed by atoms with Crippen LogP contribution in [0.5, 0.6) is 0 Å². The lowest BCUT2D eigenvalue weighted by molar-refractivity contribution is 0.103. The van der Waals surface area contributed by atoms with Crippen molar-refractivity contribution in [1.82, 2.24) is 9.55 Å². The van der Waals surface area contributed by atoms with E-state index in [4.69, 9.17) is 0 Å². The third-order valence-electron chi connectivity index (χ3n) is 3.98. The summed E-state index contributed by atoms with van der Waals surface area (Å²) in [6.07, 6.45) is 3.52. The fraction of sp³-hybridized carbons (Fsp3) is 0.278. The molecule has 0 saturated heterocycles. The van der Waals surface area contributed by atoms with E-state index in [1.165, 1.54) is 11.3 Å². The number of hydrogen-bond acceptors (Lipinski definition) is 4. The summed E-state index contributed by atoms with van der Waals surface area (Å²) in [5, 5.41) is 3.44. The molecule has 0 aliphatic heterocycles. The molecule has 0 aliphatic carbocycles. The van der Waals surface area contributed by atoms with E-state index >= 15 is 0 Å². The van der Waals surface area contributed by atoms with Crippen LogP contribution in [-0.2, 0) is 6.54 Å². The Bertz CT molecular complexity index is 976. The molecule has 0 spiro atoms. The lowest BCUT2D eigenvalue weighted by Gasteiger charge is -2.05. The highest BCUT2D eigenvalue weighted by Crippen LogP contribution is 2.27. The highest BCUT2D eigenvalue weighted by atomic mass is 127. The fourth-order valence-electron chi connectivity index (χ4n) is 2.58. The van der Waals surface area contributed by atoms with Crippen molar-refractivity contribution in [2.45, 2.75) is 33.2 Å². The molecule has 0 radical (unpaired) electrons. The highest BCUT2D eigenvalue weighted by Gasteiger charge is 2.19.